The monoisotopic (exact) mass is 473 g/mol. The van der Waals surface area contributed by atoms with Crippen LogP contribution in [0.1, 0.15) is 12.5 Å². The number of hydrogen-bond acceptors (Lipinski definition) is 7. The third-order valence-electron chi connectivity index (χ3n) is 3.74. The maximum atomic E-state index is 13.0. The zero-order valence-electron chi connectivity index (χ0n) is 14.6. The Labute approximate surface area is 167 Å². The van der Waals surface area contributed by atoms with Crippen molar-refractivity contribution in [3.05, 3.63) is 30.1 Å². The van der Waals surface area contributed by atoms with E-state index in [-0.39, 0.29) is 11.2 Å². The quantitative estimate of drug-likeness (QED) is 0.420. The summed E-state index contributed by atoms with van der Waals surface area (Å²) < 4.78 is 118. The summed E-state index contributed by atoms with van der Waals surface area (Å²) in [5.74, 6) is -1.14. The van der Waals surface area contributed by atoms with Crippen LogP contribution in [0.4, 0.5) is 26.3 Å². The Morgan fingerprint density at radius 3 is 2.33 bits per heavy atom. The van der Waals surface area contributed by atoms with Crippen molar-refractivity contribution in [1.82, 2.24) is 15.0 Å². The van der Waals surface area contributed by atoms with Gasteiger partial charge < -0.3 is 8.97 Å². The van der Waals surface area contributed by atoms with E-state index in [0.717, 1.165) is 6.07 Å². The molecule has 0 aliphatic carbocycles. The number of fused-ring (bicyclic) bond motifs is 1. The van der Waals surface area contributed by atoms with Crippen molar-refractivity contribution < 1.29 is 43.7 Å². The highest BCUT2D eigenvalue weighted by molar-refractivity contribution is 7.92. The summed E-state index contributed by atoms with van der Waals surface area (Å²) in [7, 11) is -4.22. The Morgan fingerprint density at radius 2 is 1.77 bits per heavy atom. The zero-order chi connectivity index (χ0) is 22.5. The molecule has 0 N–H and O–H groups in total. The number of aromatic nitrogens is 3. The normalized spacial score (nSPS) is 14.3. The standard InChI is InChI=1S/C15H9F6N3O4S2/c1-2-30(26,27)10-3-7(14(16,17)18)5-22-11(10)13-24-9-4-8(6-23-12(9)28-13)29(25)15(19,20)21/h3-6H,2H2,1H3. The van der Waals surface area contributed by atoms with Crippen LogP contribution in [0.15, 0.2) is 38.7 Å². The van der Waals surface area contributed by atoms with Crippen LogP contribution in [0.25, 0.3) is 22.8 Å². The second-order valence-corrected chi connectivity index (χ2v) is 9.42. The number of rotatable bonds is 4. The van der Waals surface area contributed by atoms with E-state index < -0.39 is 65.4 Å². The van der Waals surface area contributed by atoms with Gasteiger partial charge in [-0.15, -0.1) is 13.2 Å². The van der Waals surface area contributed by atoms with E-state index in [0.29, 0.717) is 18.5 Å². The summed E-state index contributed by atoms with van der Waals surface area (Å²) in [5.41, 5.74) is -7.62. The summed E-state index contributed by atoms with van der Waals surface area (Å²) >= 11 is -3.41. The first-order chi connectivity index (χ1) is 13.7. The van der Waals surface area contributed by atoms with Crippen LogP contribution >= 0.6 is 0 Å². The smallest absolute Gasteiger partial charge is 0.578 e. The van der Waals surface area contributed by atoms with Crippen molar-refractivity contribution in [3.8, 4) is 11.6 Å². The van der Waals surface area contributed by atoms with Crippen LogP contribution in [0.3, 0.4) is 0 Å². The van der Waals surface area contributed by atoms with Crippen LogP contribution in [0.2, 0.25) is 0 Å². The van der Waals surface area contributed by atoms with Gasteiger partial charge in [-0.2, -0.15) is 13.2 Å². The Bertz CT molecular complexity index is 1210. The number of hydrogen-bond donors (Lipinski definition) is 0. The fraction of sp³-hybridized carbons (Fsp3) is 0.267. The van der Waals surface area contributed by atoms with Gasteiger partial charge in [-0.05, 0) is 6.07 Å². The average molecular weight is 473 g/mol. The van der Waals surface area contributed by atoms with Gasteiger partial charge >= 0.3 is 11.7 Å². The van der Waals surface area contributed by atoms with Crippen molar-refractivity contribution in [3.63, 3.8) is 0 Å². The van der Waals surface area contributed by atoms with Crippen molar-refractivity contribution in [2.75, 3.05) is 5.75 Å². The van der Waals surface area contributed by atoms with Crippen molar-refractivity contribution >= 4 is 32.2 Å². The fourth-order valence-corrected chi connectivity index (χ4v) is 3.98. The van der Waals surface area contributed by atoms with Gasteiger partial charge in [-0.3, -0.25) is 0 Å². The third-order valence-corrected chi connectivity index (χ3v) is 6.56. The predicted octanol–water partition coefficient (Wildman–Crippen LogP) is 3.72. The van der Waals surface area contributed by atoms with E-state index >= 15 is 0 Å². The molecule has 1 unspecified atom stereocenters. The average Bonchev–Trinajstić information content (AvgIpc) is 3.08. The predicted molar refractivity (Wildman–Crippen MR) is 90.2 cm³/mol. The third kappa shape index (κ3) is 4.22. The Balaban J connectivity index is 2.18. The molecule has 1 atom stereocenters. The minimum atomic E-state index is -5.06. The minimum absolute atomic E-state index is 0.318. The molecule has 0 spiro atoms. The molecule has 0 aliphatic heterocycles. The van der Waals surface area contributed by atoms with E-state index in [2.05, 4.69) is 15.0 Å². The summed E-state index contributed by atoms with van der Waals surface area (Å²) in [6.07, 6.45) is -3.87. The lowest BCUT2D eigenvalue weighted by Crippen LogP contribution is -2.23. The van der Waals surface area contributed by atoms with Gasteiger partial charge in [0.1, 0.15) is 22.4 Å². The molecule has 15 heteroatoms. The van der Waals surface area contributed by atoms with E-state index in [9.17, 15) is 39.3 Å². The summed E-state index contributed by atoms with van der Waals surface area (Å²) in [6, 6.07) is 1.13. The van der Waals surface area contributed by atoms with Crippen LogP contribution in [-0.4, -0.2) is 39.2 Å². The maximum absolute atomic E-state index is 13.0. The number of nitrogens with zero attached hydrogens (tertiary/aromatic N) is 3. The van der Waals surface area contributed by atoms with Gasteiger partial charge in [0.25, 0.3) is 0 Å². The summed E-state index contributed by atoms with van der Waals surface area (Å²) in [5, 5.41) is 0. The highest BCUT2D eigenvalue weighted by Crippen LogP contribution is 2.35. The lowest BCUT2D eigenvalue weighted by atomic mass is 10.2. The molecule has 0 saturated heterocycles. The molecular weight excluding hydrogens is 464 g/mol. The molecule has 0 radical (unpaired) electrons. The largest absolute Gasteiger partial charge is 0.604 e. The van der Waals surface area contributed by atoms with Gasteiger partial charge in [0.15, 0.2) is 14.7 Å². The van der Waals surface area contributed by atoms with Crippen LogP contribution < -0.4 is 0 Å². The first-order valence-electron chi connectivity index (χ1n) is 7.79. The molecule has 3 rings (SSSR count). The SMILES string of the molecule is CCS(=O)(=O)c1cc(C(F)(F)F)cnc1-c1nc2cc([S+]([O-])C(F)(F)F)cnc2o1. The summed E-state index contributed by atoms with van der Waals surface area (Å²) in [6.45, 7) is 1.20. The van der Waals surface area contributed by atoms with Gasteiger partial charge in [0.2, 0.25) is 11.6 Å². The van der Waals surface area contributed by atoms with Gasteiger partial charge in [-0.25, -0.2) is 23.4 Å². The van der Waals surface area contributed by atoms with Crippen LogP contribution in [0, 0.1) is 0 Å². The molecule has 0 bridgehead atoms. The first kappa shape index (κ1) is 22.3. The molecule has 3 aromatic heterocycles. The lowest BCUT2D eigenvalue weighted by molar-refractivity contribution is -0.138. The van der Waals surface area contributed by atoms with Crippen LogP contribution in [0.5, 0.6) is 0 Å². The van der Waals surface area contributed by atoms with E-state index in [1.165, 1.54) is 6.92 Å². The molecule has 0 aliphatic rings. The van der Waals surface area contributed by atoms with Crippen molar-refractivity contribution in [2.24, 2.45) is 0 Å². The highest BCUT2D eigenvalue weighted by atomic mass is 32.2. The van der Waals surface area contributed by atoms with Crippen molar-refractivity contribution in [1.29, 1.82) is 0 Å². The molecule has 0 fully saturated rings. The van der Waals surface area contributed by atoms with Gasteiger partial charge in [0, 0.05) is 12.3 Å². The second-order valence-electron chi connectivity index (χ2n) is 5.70. The zero-order valence-corrected chi connectivity index (χ0v) is 16.2. The number of alkyl halides is 6. The molecule has 162 valence electrons. The van der Waals surface area contributed by atoms with E-state index in [1.54, 1.807) is 0 Å². The second kappa shape index (κ2) is 7.39. The summed E-state index contributed by atoms with van der Waals surface area (Å²) in [4.78, 5) is 9.27. The van der Waals surface area contributed by atoms with Gasteiger partial charge in [0.05, 0.1) is 22.4 Å². The number of sulfone groups is 1. The number of oxazole rings is 1. The van der Waals surface area contributed by atoms with Gasteiger partial charge in [-0.1, -0.05) is 6.92 Å². The molecule has 0 saturated carbocycles. The fourth-order valence-electron chi connectivity index (χ4n) is 2.29. The Kier molecular flexibility index (Phi) is 5.49. The Morgan fingerprint density at radius 1 is 1.10 bits per heavy atom. The first-order valence-corrected chi connectivity index (χ1v) is 10.6. The minimum Gasteiger partial charge on any atom is -0.604 e. The molecule has 7 nitrogen and oxygen atoms in total. The molecule has 3 aromatic rings. The van der Waals surface area contributed by atoms with E-state index in [1.807, 2.05) is 0 Å². The molecule has 30 heavy (non-hydrogen) atoms. The van der Waals surface area contributed by atoms with E-state index in [4.69, 9.17) is 4.42 Å². The number of pyridine rings is 2. The molecule has 0 aromatic carbocycles. The Hall–Kier alpha value is -2.39. The highest BCUT2D eigenvalue weighted by Gasteiger charge is 2.46. The topological polar surface area (TPSA) is 109 Å². The maximum Gasteiger partial charge on any atom is 0.578 e. The number of halogens is 6. The molecule has 3 heterocycles. The van der Waals surface area contributed by atoms with Crippen molar-refractivity contribution in [2.45, 2.75) is 28.4 Å². The molecular formula is C15H9F6N3O4S2. The lowest BCUT2D eigenvalue weighted by Gasteiger charge is -2.10. The van der Waals surface area contributed by atoms with Crippen LogP contribution in [-0.2, 0) is 27.2 Å². The molecule has 0 amide bonds.